The van der Waals surface area contributed by atoms with E-state index >= 15 is 0 Å². The van der Waals surface area contributed by atoms with Crippen molar-refractivity contribution in [2.45, 2.75) is 39.2 Å². The summed E-state index contributed by atoms with van der Waals surface area (Å²) >= 11 is 1.45. The van der Waals surface area contributed by atoms with E-state index in [-0.39, 0.29) is 18.4 Å². The number of fused-ring (bicyclic) bond motifs is 1. The second kappa shape index (κ2) is 6.72. The van der Waals surface area contributed by atoms with Gasteiger partial charge in [-0.15, -0.1) is 11.3 Å². The number of thiophene rings is 1. The first-order valence-corrected chi connectivity index (χ1v) is 7.85. The molecule has 5 heteroatoms. The molecule has 1 heterocycles. The van der Waals surface area contributed by atoms with Crippen LogP contribution >= 0.6 is 11.3 Å². The summed E-state index contributed by atoms with van der Waals surface area (Å²) in [5.74, 6) is -1.06. The molecule has 1 aromatic heterocycles. The van der Waals surface area contributed by atoms with E-state index < -0.39 is 5.97 Å². The molecule has 0 saturated heterocycles. The molecule has 112 valence electrons. The zero-order chi connectivity index (χ0) is 15.4. The number of hydrogen-bond acceptors (Lipinski definition) is 3. The number of hydrogen-bond donors (Lipinski definition) is 2. The SMILES string of the molecule is CCCC(CC(=O)O)NC(=O)c1sc2ccccc2c1C. The number of nitrogens with one attached hydrogen (secondary N) is 1. The van der Waals surface area contributed by atoms with Crippen molar-refractivity contribution in [1.29, 1.82) is 0 Å². The van der Waals surface area contributed by atoms with E-state index in [1.54, 1.807) is 0 Å². The Kier molecular flexibility index (Phi) is 4.96. The molecule has 2 N–H and O–H groups in total. The molecule has 1 amide bonds. The molecule has 1 atom stereocenters. The average molecular weight is 305 g/mol. The van der Waals surface area contributed by atoms with Crippen molar-refractivity contribution >= 4 is 33.3 Å². The van der Waals surface area contributed by atoms with Gasteiger partial charge >= 0.3 is 5.97 Å². The molecule has 2 aromatic rings. The number of carboxylic acid groups (broad SMARTS) is 1. The summed E-state index contributed by atoms with van der Waals surface area (Å²) in [6.45, 7) is 3.91. The van der Waals surface area contributed by atoms with E-state index in [0.29, 0.717) is 11.3 Å². The number of amides is 1. The van der Waals surface area contributed by atoms with Gasteiger partial charge in [0.1, 0.15) is 0 Å². The highest BCUT2D eigenvalue weighted by Gasteiger charge is 2.20. The van der Waals surface area contributed by atoms with Gasteiger partial charge in [0.25, 0.3) is 5.91 Å². The van der Waals surface area contributed by atoms with Crippen LogP contribution < -0.4 is 5.32 Å². The first-order chi connectivity index (χ1) is 10.0. The van der Waals surface area contributed by atoms with E-state index in [4.69, 9.17) is 5.11 Å². The smallest absolute Gasteiger partial charge is 0.305 e. The van der Waals surface area contributed by atoms with Crippen LogP contribution in [-0.4, -0.2) is 23.0 Å². The van der Waals surface area contributed by atoms with Gasteiger partial charge in [-0.05, 0) is 30.4 Å². The van der Waals surface area contributed by atoms with Gasteiger partial charge in [0, 0.05) is 10.7 Å². The van der Waals surface area contributed by atoms with Crippen LogP contribution in [0.5, 0.6) is 0 Å². The van der Waals surface area contributed by atoms with Crippen LogP contribution in [0.15, 0.2) is 24.3 Å². The zero-order valence-electron chi connectivity index (χ0n) is 12.2. The van der Waals surface area contributed by atoms with Gasteiger partial charge in [0.2, 0.25) is 0 Å². The Bertz CT molecular complexity index is 663. The first-order valence-electron chi connectivity index (χ1n) is 7.03. The molecule has 0 aliphatic heterocycles. The third-order valence-corrected chi connectivity index (χ3v) is 4.71. The molecule has 4 nitrogen and oxygen atoms in total. The molecule has 21 heavy (non-hydrogen) atoms. The second-order valence-corrected chi connectivity index (χ2v) is 6.16. The number of rotatable bonds is 6. The Morgan fingerprint density at radius 2 is 2.05 bits per heavy atom. The summed E-state index contributed by atoms with van der Waals surface area (Å²) in [6.07, 6.45) is 1.47. The average Bonchev–Trinajstić information content (AvgIpc) is 2.76. The van der Waals surface area contributed by atoms with Gasteiger partial charge < -0.3 is 10.4 Å². The lowest BCUT2D eigenvalue weighted by Gasteiger charge is -2.15. The number of carbonyl (C=O) groups is 2. The van der Waals surface area contributed by atoms with Crippen molar-refractivity contribution in [2.24, 2.45) is 0 Å². The van der Waals surface area contributed by atoms with E-state index in [1.165, 1.54) is 11.3 Å². The Balaban J connectivity index is 2.20. The molecule has 2 rings (SSSR count). The number of aliphatic carboxylic acids is 1. The topological polar surface area (TPSA) is 66.4 Å². The van der Waals surface area contributed by atoms with Crippen LogP contribution in [0.3, 0.4) is 0 Å². The van der Waals surface area contributed by atoms with Crippen molar-refractivity contribution in [1.82, 2.24) is 5.32 Å². The minimum Gasteiger partial charge on any atom is -0.481 e. The summed E-state index contributed by atoms with van der Waals surface area (Å²) in [7, 11) is 0. The maximum Gasteiger partial charge on any atom is 0.305 e. The van der Waals surface area contributed by atoms with Crippen molar-refractivity contribution in [3.8, 4) is 0 Å². The number of carbonyl (C=O) groups excluding carboxylic acids is 1. The minimum absolute atomic E-state index is 0.0382. The maximum atomic E-state index is 12.4. The number of aryl methyl sites for hydroxylation is 1. The van der Waals surface area contributed by atoms with Crippen LogP contribution in [0.25, 0.3) is 10.1 Å². The summed E-state index contributed by atoms with van der Waals surface area (Å²) in [5, 5.41) is 12.9. The molecule has 0 aliphatic rings. The molecule has 0 aliphatic carbocycles. The van der Waals surface area contributed by atoms with Crippen LogP contribution in [0, 0.1) is 6.92 Å². The van der Waals surface area contributed by atoms with Gasteiger partial charge in [-0.3, -0.25) is 9.59 Å². The molecule has 0 fully saturated rings. The fourth-order valence-electron chi connectivity index (χ4n) is 2.43. The highest BCUT2D eigenvalue weighted by Crippen LogP contribution is 2.30. The molecular formula is C16H19NO3S. The lowest BCUT2D eigenvalue weighted by molar-refractivity contribution is -0.137. The van der Waals surface area contributed by atoms with Crippen LogP contribution in [-0.2, 0) is 4.79 Å². The zero-order valence-corrected chi connectivity index (χ0v) is 13.0. The van der Waals surface area contributed by atoms with E-state index in [0.717, 1.165) is 22.1 Å². The molecule has 0 spiro atoms. The summed E-state index contributed by atoms with van der Waals surface area (Å²) in [6, 6.07) is 7.58. The predicted octanol–water partition coefficient (Wildman–Crippen LogP) is 3.58. The van der Waals surface area contributed by atoms with Crippen molar-refractivity contribution in [2.75, 3.05) is 0 Å². The van der Waals surface area contributed by atoms with Gasteiger partial charge in [0.15, 0.2) is 0 Å². The van der Waals surface area contributed by atoms with Gasteiger partial charge in [-0.2, -0.15) is 0 Å². The standard InChI is InChI=1S/C16H19NO3S/c1-3-6-11(9-14(18)19)17-16(20)15-10(2)12-7-4-5-8-13(12)21-15/h4-5,7-8,11H,3,6,9H2,1-2H3,(H,17,20)(H,18,19). The van der Waals surface area contributed by atoms with Crippen molar-refractivity contribution in [3.63, 3.8) is 0 Å². The highest BCUT2D eigenvalue weighted by molar-refractivity contribution is 7.21. The first kappa shape index (κ1) is 15.5. The minimum atomic E-state index is -0.887. The summed E-state index contributed by atoms with van der Waals surface area (Å²) < 4.78 is 1.07. The molecule has 1 aromatic carbocycles. The third kappa shape index (κ3) is 3.61. The highest BCUT2D eigenvalue weighted by atomic mass is 32.1. The van der Waals surface area contributed by atoms with Crippen LogP contribution in [0.4, 0.5) is 0 Å². The Labute approximate surface area is 127 Å². The fourth-order valence-corrected chi connectivity index (χ4v) is 3.54. The Morgan fingerprint density at radius 1 is 1.33 bits per heavy atom. The monoisotopic (exact) mass is 305 g/mol. The van der Waals surface area contributed by atoms with E-state index in [2.05, 4.69) is 5.32 Å². The summed E-state index contributed by atoms with van der Waals surface area (Å²) in [5.41, 5.74) is 0.957. The van der Waals surface area contributed by atoms with Gasteiger partial charge in [-0.1, -0.05) is 31.5 Å². The third-order valence-electron chi connectivity index (χ3n) is 3.44. The van der Waals surface area contributed by atoms with Gasteiger partial charge in [0.05, 0.1) is 11.3 Å². The van der Waals surface area contributed by atoms with Gasteiger partial charge in [-0.25, -0.2) is 0 Å². The maximum absolute atomic E-state index is 12.4. The van der Waals surface area contributed by atoms with E-state index in [1.807, 2.05) is 38.1 Å². The second-order valence-electron chi connectivity index (χ2n) is 5.11. The predicted molar refractivity (Wildman–Crippen MR) is 85.0 cm³/mol. The molecule has 0 saturated carbocycles. The largest absolute Gasteiger partial charge is 0.481 e. The van der Waals surface area contributed by atoms with Crippen LogP contribution in [0.2, 0.25) is 0 Å². The van der Waals surface area contributed by atoms with E-state index in [9.17, 15) is 9.59 Å². The number of carboxylic acids is 1. The molecule has 0 bridgehead atoms. The molecule has 1 unspecified atom stereocenters. The normalized spacial score (nSPS) is 12.3. The molecular weight excluding hydrogens is 286 g/mol. The Hall–Kier alpha value is -1.88. The fraction of sp³-hybridized carbons (Fsp3) is 0.375. The number of benzene rings is 1. The summed E-state index contributed by atoms with van der Waals surface area (Å²) in [4.78, 5) is 23.9. The Morgan fingerprint density at radius 3 is 2.67 bits per heavy atom. The quantitative estimate of drug-likeness (QED) is 0.857. The van der Waals surface area contributed by atoms with Crippen molar-refractivity contribution < 1.29 is 14.7 Å². The van der Waals surface area contributed by atoms with Crippen LogP contribution in [0.1, 0.15) is 41.4 Å². The molecule has 0 radical (unpaired) electrons. The lowest BCUT2D eigenvalue weighted by Crippen LogP contribution is -2.36. The lowest BCUT2D eigenvalue weighted by atomic mass is 10.1. The van der Waals surface area contributed by atoms with Crippen molar-refractivity contribution in [3.05, 3.63) is 34.7 Å².